The highest BCUT2D eigenvalue weighted by molar-refractivity contribution is 5.92. The van der Waals surface area contributed by atoms with Crippen LogP contribution in [0.3, 0.4) is 0 Å². The van der Waals surface area contributed by atoms with Gasteiger partial charge in [0.05, 0.1) is 6.10 Å². The van der Waals surface area contributed by atoms with Crippen LogP contribution in [0.5, 0.6) is 5.75 Å². The molecule has 0 amide bonds. The van der Waals surface area contributed by atoms with Gasteiger partial charge in [0.1, 0.15) is 17.4 Å². The molecule has 4 atom stereocenters. The highest BCUT2D eigenvalue weighted by Gasteiger charge is 2.38. The lowest BCUT2D eigenvalue weighted by molar-refractivity contribution is -0.141. The fourth-order valence-electron chi connectivity index (χ4n) is 4.60. The number of fused-ring (bicyclic) bond motifs is 1. The monoisotopic (exact) mass is 395 g/mol. The van der Waals surface area contributed by atoms with Gasteiger partial charge in [-0.3, -0.25) is 4.79 Å². The number of aromatic carboxylic acids is 1. The van der Waals surface area contributed by atoms with Gasteiger partial charge in [-0.2, -0.15) is 0 Å². The molecule has 0 radical (unpaired) electrons. The standard InChI is InChI=1S/C23H25NO5/c25-22(26)19-9-7-15(14-4-2-1-3-5-14)12-21(19)29-18-8-6-16-13-24-20(23(27)28)11-17(16)10-18/h1-5,7,9,12,16-18,20,24H,6,8,10-11,13H2,(H,25,26)(H,27,28)/t16-,17-,18-,20-/m0/s1. The molecule has 1 aliphatic heterocycles. The summed E-state index contributed by atoms with van der Waals surface area (Å²) in [4.78, 5) is 23.0. The number of piperidine rings is 1. The summed E-state index contributed by atoms with van der Waals surface area (Å²) >= 11 is 0. The van der Waals surface area contributed by atoms with Crippen molar-refractivity contribution in [3.63, 3.8) is 0 Å². The molecule has 2 aliphatic rings. The van der Waals surface area contributed by atoms with Crippen molar-refractivity contribution in [1.82, 2.24) is 5.32 Å². The maximum Gasteiger partial charge on any atom is 0.339 e. The molecule has 0 unspecified atom stereocenters. The lowest BCUT2D eigenvalue weighted by Gasteiger charge is -2.41. The van der Waals surface area contributed by atoms with Crippen molar-refractivity contribution in [2.75, 3.05) is 6.54 Å². The van der Waals surface area contributed by atoms with Gasteiger partial charge in [0.2, 0.25) is 0 Å². The fourth-order valence-corrected chi connectivity index (χ4v) is 4.60. The number of hydrogen-bond donors (Lipinski definition) is 3. The molecule has 0 aromatic heterocycles. The summed E-state index contributed by atoms with van der Waals surface area (Å²) in [6, 6.07) is 14.5. The first-order chi connectivity index (χ1) is 14.0. The molecule has 6 heteroatoms. The number of rotatable bonds is 5. The minimum atomic E-state index is -1.01. The van der Waals surface area contributed by atoms with Crippen molar-refractivity contribution < 1.29 is 24.5 Å². The Labute approximate surface area is 169 Å². The zero-order valence-electron chi connectivity index (χ0n) is 16.1. The zero-order chi connectivity index (χ0) is 20.4. The Morgan fingerprint density at radius 3 is 2.45 bits per heavy atom. The van der Waals surface area contributed by atoms with Gasteiger partial charge in [0.15, 0.2) is 0 Å². The Kier molecular flexibility index (Phi) is 5.53. The minimum Gasteiger partial charge on any atom is -0.489 e. The van der Waals surface area contributed by atoms with E-state index < -0.39 is 18.0 Å². The summed E-state index contributed by atoms with van der Waals surface area (Å²) in [6.07, 6.45) is 3.04. The van der Waals surface area contributed by atoms with Gasteiger partial charge >= 0.3 is 11.9 Å². The van der Waals surface area contributed by atoms with Crippen molar-refractivity contribution in [3.8, 4) is 16.9 Å². The number of nitrogens with one attached hydrogen (secondary N) is 1. The number of hydrogen-bond acceptors (Lipinski definition) is 4. The van der Waals surface area contributed by atoms with Crippen molar-refractivity contribution >= 4 is 11.9 Å². The molecule has 1 aliphatic carbocycles. The summed E-state index contributed by atoms with van der Waals surface area (Å²) in [5, 5.41) is 22.0. The largest absolute Gasteiger partial charge is 0.489 e. The Hall–Kier alpha value is -2.86. The Balaban J connectivity index is 1.53. The lowest BCUT2D eigenvalue weighted by Crippen LogP contribution is -2.50. The van der Waals surface area contributed by atoms with Gasteiger partial charge in [0, 0.05) is 0 Å². The van der Waals surface area contributed by atoms with E-state index in [2.05, 4.69) is 5.32 Å². The predicted molar refractivity (Wildman–Crippen MR) is 108 cm³/mol. The molecule has 2 aromatic rings. The molecule has 1 saturated heterocycles. The molecule has 0 spiro atoms. The molecular weight excluding hydrogens is 370 g/mol. The van der Waals surface area contributed by atoms with Crippen LogP contribution in [-0.2, 0) is 4.79 Å². The molecule has 1 heterocycles. The smallest absolute Gasteiger partial charge is 0.339 e. The quantitative estimate of drug-likeness (QED) is 0.715. The van der Waals surface area contributed by atoms with Crippen LogP contribution >= 0.6 is 0 Å². The molecule has 29 heavy (non-hydrogen) atoms. The molecule has 6 nitrogen and oxygen atoms in total. The van der Waals surface area contributed by atoms with E-state index in [0.29, 0.717) is 18.1 Å². The van der Waals surface area contributed by atoms with Crippen molar-refractivity contribution in [1.29, 1.82) is 0 Å². The number of aliphatic carboxylic acids is 1. The minimum absolute atomic E-state index is 0.104. The van der Waals surface area contributed by atoms with E-state index in [-0.39, 0.29) is 17.6 Å². The molecular formula is C23H25NO5. The highest BCUT2D eigenvalue weighted by Crippen LogP contribution is 2.38. The maximum absolute atomic E-state index is 11.7. The fraction of sp³-hybridized carbons (Fsp3) is 0.391. The second-order valence-electron chi connectivity index (χ2n) is 7.99. The van der Waals surface area contributed by atoms with Crippen molar-refractivity contribution in [3.05, 3.63) is 54.1 Å². The number of carbonyl (C=O) groups is 2. The van der Waals surface area contributed by atoms with E-state index >= 15 is 0 Å². The summed E-state index contributed by atoms with van der Waals surface area (Å²) in [5.41, 5.74) is 2.06. The van der Waals surface area contributed by atoms with E-state index in [1.54, 1.807) is 18.2 Å². The summed E-state index contributed by atoms with van der Waals surface area (Å²) in [6.45, 7) is 0.720. The third-order valence-electron chi connectivity index (χ3n) is 6.17. The van der Waals surface area contributed by atoms with Crippen molar-refractivity contribution in [2.45, 2.75) is 37.8 Å². The first kappa shape index (κ1) is 19.5. The molecule has 4 rings (SSSR count). The second kappa shape index (κ2) is 8.25. The van der Waals surface area contributed by atoms with Gasteiger partial charge in [-0.15, -0.1) is 0 Å². The van der Waals surface area contributed by atoms with Crippen LogP contribution < -0.4 is 10.1 Å². The van der Waals surface area contributed by atoms with Gasteiger partial charge in [-0.05, 0) is 67.3 Å². The number of ether oxygens (including phenoxy) is 1. The number of carboxylic acid groups (broad SMARTS) is 2. The van der Waals surface area contributed by atoms with Crippen LogP contribution in [0.15, 0.2) is 48.5 Å². The maximum atomic E-state index is 11.7. The van der Waals surface area contributed by atoms with Gasteiger partial charge < -0.3 is 20.3 Å². The molecule has 2 fully saturated rings. The van der Waals surface area contributed by atoms with E-state index in [4.69, 9.17) is 4.74 Å². The average molecular weight is 395 g/mol. The molecule has 152 valence electrons. The zero-order valence-corrected chi connectivity index (χ0v) is 16.1. The second-order valence-corrected chi connectivity index (χ2v) is 7.99. The summed E-state index contributed by atoms with van der Waals surface area (Å²) in [7, 11) is 0. The first-order valence-electron chi connectivity index (χ1n) is 10.1. The van der Waals surface area contributed by atoms with E-state index in [1.165, 1.54) is 0 Å². The van der Waals surface area contributed by atoms with Crippen LogP contribution in [0.25, 0.3) is 11.1 Å². The molecule has 3 N–H and O–H groups in total. The van der Waals surface area contributed by atoms with Crippen molar-refractivity contribution in [2.24, 2.45) is 11.8 Å². The predicted octanol–water partition coefficient (Wildman–Crippen LogP) is 3.66. The van der Waals surface area contributed by atoms with E-state index in [0.717, 1.165) is 36.9 Å². The van der Waals surface area contributed by atoms with E-state index in [1.807, 2.05) is 30.3 Å². The Morgan fingerprint density at radius 2 is 1.72 bits per heavy atom. The third kappa shape index (κ3) is 4.27. The van der Waals surface area contributed by atoms with Crippen LogP contribution in [0.2, 0.25) is 0 Å². The molecule has 0 bridgehead atoms. The van der Waals surface area contributed by atoms with Gasteiger partial charge in [-0.25, -0.2) is 4.79 Å². The first-order valence-corrected chi connectivity index (χ1v) is 10.1. The Bertz CT molecular complexity index is 897. The lowest BCUT2D eigenvalue weighted by atomic mass is 9.72. The van der Waals surface area contributed by atoms with Crippen LogP contribution in [0.1, 0.15) is 36.0 Å². The Morgan fingerprint density at radius 1 is 0.931 bits per heavy atom. The van der Waals surface area contributed by atoms with Gasteiger partial charge in [0.25, 0.3) is 0 Å². The van der Waals surface area contributed by atoms with Crippen LogP contribution in [0, 0.1) is 11.8 Å². The summed E-state index contributed by atoms with van der Waals surface area (Å²) < 4.78 is 6.21. The van der Waals surface area contributed by atoms with E-state index in [9.17, 15) is 19.8 Å². The third-order valence-corrected chi connectivity index (χ3v) is 6.17. The van der Waals surface area contributed by atoms with Crippen LogP contribution in [0.4, 0.5) is 0 Å². The number of benzene rings is 2. The SMILES string of the molecule is O=C(O)c1ccc(-c2ccccc2)cc1O[C@H]1CC[C@H]2CN[C@H](C(=O)O)C[C@@H]2C1. The molecule has 1 saturated carbocycles. The normalized spacial score (nSPS) is 26.3. The topological polar surface area (TPSA) is 95.9 Å². The summed E-state index contributed by atoms with van der Waals surface area (Å²) in [5.74, 6) is -0.705. The van der Waals surface area contributed by atoms with Crippen LogP contribution in [-0.4, -0.2) is 40.8 Å². The van der Waals surface area contributed by atoms with Gasteiger partial charge in [-0.1, -0.05) is 36.4 Å². The number of carboxylic acids is 2. The average Bonchev–Trinajstić information content (AvgIpc) is 2.73. The highest BCUT2D eigenvalue weighted by atomic mass is 16.5. The molecule has 2 aromatic carbocycles.